The van der Waals surface area contributed by atoms with Gasteiger partial charge in [-0.15, -0.1) is 0 Å². The molecule has 1 amide bonds. The third-order valence-corrected chi connectivity index (χ3v) is 4.36. The summed E-state index contributed by atoms with van der Waals surface area (Å²) in [6, 6.07) is 9.59. The van der Waals surface area contributed by atoms with Crippen LogP contribution in [0.25, 0.3) is 0 Å². The molecule has 3 rings (SSSR count). The van der Waals surface area contributed by atoms with Crippen LogP contribution in [0.2, 0.25) is 0 Å². The van der Waals surface area contributed by atoms with Gasteiger partial charge < -0.3 is 14.4 Å². The third-order valence-electron chi connectivity index (χ3n) is 4.36. The van der Waals surface area contributed by atoms with E-state index in [4.69, 9.17) is 9.47 Å². The summed E-state index contributed by atoms with van der Waals surface area (Å²) in [7, 11) is 1.65. The zero-order valence-corrected chi connectivity index (χ0v) is 14.4. The minimum atomic E-state index is -0.00594. The van der Waals surface area contributed by atoms with E-state index in [-0.39, 0.29) is 12.0 Å². The zero-order chi connectivity index (χ0) is 17.5. The molecule has 132 valence electrons. The van der Waals surface area contributed by atoms with E-state index in [9.17, 15) is 4.79 Å². The number of amides is 1. The predicted octanol–water partition coefficient (Wildman–Crippen LogP) is 2.49. The van der Waals surface area contributed by atoms with E-state index in [1.807, 2.05) is 29.2 Å². The minimum Gasteiger partial charge on any atom is -0.497 e. The van der Waals surface area contributed by atoms with Crippen LogP contribution in [-0.4, -0.2) is 47.1 Å². The molecular weight excluding hydrogens is 318 g/mol. The van der Waals surface area contributed by atoms with Gasteiger partial charge in [-0.3, -0.25) is 4.79 Å². The van der Waals surface area contributed by atoms with Crippen LogP contribution in [0.5, 0.6) is 11.6 Å². The number of rotatable bonds is 6. The molecule has 1 aliphatic heterocycles. The standard InChI is InChI=1S/C19H23N3O3/c1-24-16-7-4-15(5-8-16)6-9-19(23)22-12-2-3-17(13-22)25-18-10-11-20-14-21-18/h4-5,7-8,10-11,14,17H,2-3,6,9,12-13H2,1H3. The van der Waals surface area contributed by atoms with Gasteiger partial charge in [-0.25, -0.2) is 9.97 Å². The van der Waals surface area contributed by atoms with Gasteiger partial charge >= 0.3 is 0 Å². The molecule has 1 aliphatic rings. The zero-order valence-electron chi connectivity index (χ0n) is 14.4. The molecular formula is C19H23N3O3. The van der Waals surface area contributed by atoms with Crippen LogP contribution in [0, 0.1) is 0 Å². The maximum atomic E-state index is 12.5. The monoisotopic (exact) mass is 341 g/mol. The Morgan fingerprint density at radius 2 is 2.12 bits per heavy atom. The number of ether oxygens (including phenoxy) is 2. The molecule has 1 aromatic carbocycles. The SMILES string of the molecule is COc1ccc(CCC(=O)N2CCCC(Oc3ccncn3)C2)cc1. The highest BCUT2D eigenvalue weighted by molar-refractivity contribution is 5.76. The Morgan fingerprint density at radius 1 is 1.28 bits per heavy atom. The highest BCUT2D eigenvalue weighted by atomic mass is 16.5. The summed E-state index contributed by atoms with van der Waals surface area (Å²) < 4.78 is 11.0. The van der Waals surface area contributed by atoms with Crippen molar-refractivity contribution in [2.45, 2.75) is 31.8 Å². The largest absolute Gasteiger partial charge is 0.497 e. The number of methoxy groups -OCH3 is 1. The number of aryl methyl sites for hydroxylation is 1. The second kappa shape index (κ2) is 8.46. The van der Waals surface area contributed by atoms with Crippen molar-refractivity contribution >= 4 is 5.91 Å². The van der Waals surface area contributed by atoms with Crippen LogP contribution in [0.15, 0.2) is 42.9 Å². The normalized spacial score (nSPS) is 17.2. The summed E-state index contributed by atoms with van der Waals surface area (Å²) in [6.45, 7) is 1.41. The van der Waals surface area contributed by atoms with E-state index in [1.54, 1.807) is 19.4 Å². The fraction of sp³-hybridized carbons (Fsp3) is 0.421. The van der Waals surface area contributed by atoms with Crippen LogP contribution in [-0.2, 0) is 11.2 Å². The molecule has 6 nitrogen and oxygen atoms in total. The van der Waals surface area contributed by atoms with Crippen molar-refractivity contribution in [2.24, 2.45) is 0 Å². The molecule has 0 bridgehead atoms. The van der Waals surface area contributed by atoms with Gasteiger partial charge in [-0.2, -0.15) is 0 Å². The summed E-state index contributed by atoms with van der Waals surface area (Å²) >= 11 is 0. The van der Waals surface area contributed by atoms with E-state index >= 15 is 0 Å². The Kier molecular flexibility index (Phi) is 5.82. The lowest BCUT2D eigenvalue weighted by Gasteiger charge is -2.32. The Labute approximate surface area is 147 Å². The van der Waals surface area contributed by atoms with Crippen molar-refractivity contribution in [1.29, 1.82) is 0 Å². The smallest absolute Gasteiger partial charge is 0.223 e. The van der Waals surface area contributed by atoms with Crippen molar-refractivity contribution in [2.75, 3.05) is 20.2 Å². The first-order valence-corrected chi connectivity index (χ1v) is 8.58. The van der Waals surface area contributed by atoms with Gasteiger partial charge in [0.1, 0.15) is 18.2 Å². The number of carbonyl (C=O) groups is 1. The first-order valence-electron chi connectivity index (χ1n) is 8.58. The molecule has 6 heteroatoms. The molecule has 0 aliphatic carbocycles. The van der Waals surface area contributed by atoms with Crippen LogP contribution >= 0.6 is 0 Å². The van der Waals surface area contributed by atoms with Gasteiger partial charge in [0.15, 0.2) is 0 Å². The van der Waals surface area contributed by atoms with Gasteiger partial charge in [-0.1, -0.05) is 12.1 Å². The number of carbonyl (C=O) groups excluding carboxylic acids is 1. The lowest BCUT2D eigenvalue weighted by atomic mass is 10.1. The fourth-order valence-corrected chi connectivity index (χ4v) is 2.98. The highest BCUT2D eigenvalue weighted by Gasteiger charge is 2.24. The molecule has 2 aromatic rings. The van der Waals surface area contributed by atoms with E-state index in [1.165, 1.54) is 6.33 Å². The molecule has 25 heavy (non-hydrogen) atoms. The quantitative estimate of drug-likeness (QED) is 0.808. The Balaban J connectivity index is 1.49. The number of hydrogen-bond donors (Lipinski definition) is 0. The lowest BCUT2D eigenvalue weighted by Crippen LogP contribution is -2.44. The van der Waals surface area contributed by atoms with Crippen LogP contribution in [0.4, 0.5) is 0 Å². The first kappa shape index (κ1) is 17.2. The molecule has 0 saturated carbocycles. The fourth-order valence-electron chi connectivity index (χ4n) is 2.98. The maximum absolute atomic E-state index is 12.5. The molecule has 1 fully saturated rings. The van der Waals surface area contributed by atoms with Crippen molar-refractivity contribution in [3.63, 3.8) is 0 Å². The van der Waals surface area contributed by atoms with Crippen molar-refractivity contribution < 1.29 is 14.3 Å². The van der Waals surface area contributed by atoms with Crippen molar-refractivity contribution in [3.8, 4) is 11.6 Å². The van der Waals surface area contributed by atoms with Gasteiger partial charge in [0, 0.05) is 25.2 Å². The molecule has 2 heterocycles. The third kappa shape index (κ3) is 4.92. The molecule has 0 spiro atoms. The summed E-state index contributed by atoms with van der Waals surface area (Å²) in [6.07, 6.45) is 6.24. The second-order valence-electron chi connectivity index (χ2n) is 6.12. The summed E-state index contributed by atoms with van der Waals surface area (Å²) in [5.41, 5.74) is 1.14. The molecule has 1 atom stereocenters. The molecule has 1 unspecified atom stereocenters. The number of piperidine rings is 1. The van der Waals surface area contributed by atoms with E-state index in [0.717, 1.165) is 37.1 Å². The summed E-state index contributed by atoms with van der Waals surface area (Å²) in [4.78, 5) is 22.4. The van der Waals surface area contributed by atoms with Crippen LogP contribution < -0.4 is 9.47 Å². The van der Waals surface area contributed by atoms with Gasteiger partial charge in [0.25, 0.3) is 0 Å². The Morgan fingerprint density at radius 3 is 2.84 bits per heavy atom. The summed E-state index contributed by atoms with van der Waals surface area (Å²) in [5, 5.41) is 0. The van der Waals surface area contributed by atoms with E-state index in [2.05, 4.69) is 9.97 Å². The number of likely N-dealkylation sites (tertiary alicyclic amines) is 1. The average Bonchev–Trinajstić information content (AvgIpc) is 2.67. The van der Waals surface area contributed by atoms with Gasteiger partial charge in [-0.05, 0) is 37.0 Å². The highest BCUT2D eigenvalue weighted by Crippen LogP contribution is 2.18. The minimum absolute atomic E-state index is 0.00594. The Bertz CT molecular complexity index is 676. The number of benzene rings is 1. The van der Waals surface area contributed by atoms with E-state index < -0.39 is 0 Å². The first-order chi connectivity index (χ1) is 12.2. The van der Waals surface area contributed by atoms with Crippen molar-refractivity contribution in [1.82, 2.24) is 14.9 Å². The second-order valence-corrected chi connectivity index (χ2v) is 6.12. The maximum Gasteiger partial charge on any atom is 0.223 e. The number of hydrogen-bond acceptors (Lipinski definition) is 5. The van der Waals surface area contributed by atoms with Gasteiger partial charge in [0.05, 0.1) is 13.7 Å². The predicted molar refractivity (Wildman–Crippen MR) is 93.6 cm³/mol. The molecule has 1 saturated heterocycles. The van der Waals surface area contributed by atoms with Crippen LogP contribution in [0.3, 0.4) is 0 Å². The molecule has 0 N–H and O–H groups in total. The number of aromatic nitrogens is 2. The topological polar surface area (TPSA) is 64.5 Å². The number of nitrogens with zero attached hydrogens (tertiary/aromatic N) is 3. The van der Waals surface area contributed by atoms with Crippen LogP contribution in [0.1, 0.15) is 24.8 Å². The molecule has 1 aromatic heterocycles. The van der Waals surface area contributed by atoms with E-state index in [0.29, 0.717) is 18.8 Å². The lowest BCUT2D eigenvalue weighted by molar-refractivity contribution is -0.133. The summed E-state index contributed by atoms with van der Waals surface area (Å²) in [5.74, 6) is 1.56. The van der Waals surface area contributed by atoms with Gasteiger partial charge in [0.2, 0.25) is 11.8 Å². The average molecular weight is 341 g/mol. The van der Waals surface area contributed by atoms with Crippen molar-refractivity contribution in [3.05, 3.63) is 48.4 Å². The Hall–Kier alpha value is -2.63. The molecule has 0 radical (unpaired) electrons.